The minimum Gasteiger partial charge on any atom is -0.493 e. The maximum Gasteiger partial charge on any atom is 0.194 e. The van der Waals surface area contributed by atoms with Crippen molar-refractivity contribution in [2.75, 3.05) is 14.2 Å². The van der Waals surface area contributed by atoms with E-state index in [1.165, 1.54) is 0 Å². The summed E-state index contributed by atoms with van der Waals surface area (Å²) in [7, 11) is 1.14. The molecular formula is C14H21O4P. The number of para-hydroxylation sites is 1. The number of benzene rings is 1. The Hall–Kier alpha value is -1.09. The van der Waals surface area contributed by atoms with Gasteiger partial charge in [0.1, 0.15) is 0 Å². The first-order chi connectivity index (χ1) is 8.83. The van der Waals surface area contributed by atoms with Crippen molar-refractivity contribution in [2.24, 2.45) is 0 Å². The van der Waals surface area contributed by atoms with Crippen molar-refractivity contribution in [1.82, 2.24) is 0 Å². The van der Waals surface area contributed by atoms with Crippen LogP contribution < -0.4 is 9.47 Å². The molecule has 0 unspecified atom stereocenters. The summed E-state index contributed by atoms with van der Waals surface area (Å²) in [5.41, 5.74) is 0.543. The second-order valence-corrected chi connectivity index (χ2v) is 6.12. The van der Waals surface area contributed by atoms with Crippen LogP contribution in [0, 0.1) is 0 Å². The Morgan fingerprint density at radius 1 is 1.21 bits per heavy atom. The Balaban J connectivity index is 3.32. The maximum absolute atomic E-state index is 9.25. The highest BCUT2D eigenvalue weighted by Crippen LogP contribution is 2.43. The van der Waals surface area contributed by atoms with E-state index in [2.05, 4.69) is 0 Å². The third-order valence-electron chi connectivity index (χ3n) is 2.98. The van der Waals surface area contributed by atoms with Crippen molar-refractivity contribution in [3.05, 3.63) is 35.2 Å². The first-order valence-corrected chi connectivity index (χ1v) is 7.17. The molecule has 0 saturated heterocycles. The molecule has 0 heterocycles. The lowest BCUT2D eigenvalue weighted by Gasteiger charge is -2.25. The summed E-state index contributed by atoms with van der Waals surface area (Å²) in [6.07, 6.45) is 1.84. The molecule has 0 fully saturated rings. The van der Waals surface area contributed by atoms with Crippen molar-refractivity contribution in [3.63, 3.8) is 0 Å². The number of methoxy groups -OCH3 is 2. The van der Waals surface area contributed by atoms with E-state index in [9.17, 15) is 9.79 Å². The van der Waals surface area contributed by atoms with Crippen LogP contribution >= 0.6 is 8.38 Å². The molecule has 5 heteroatoms. The van der Waals surface area contributed by atoms with Crippen LogP contribution in [-0.4, -0.2) is 24.0 Å². The lowest BCUT2D eigenvalue weighted by atomic mass is 9.83. The summed E-state index contributed by atoms with van der Waals surface area (Å²) < 4.78 is 10.7. The van der Waals surface area contributed by atoms with E-state index in [0.717, 1.165) is 5.56 Å². The molecule has 0 radical (unpaired) electrons. The number of hydrogen-bond acceptors (Lipinski definition) is 4. The van der Waals surface area contributed by atoms with Gasteiger partial charge in [-0.1, -0.05) is 32.1 Å². The van der Waals surface area contributed by atoms with Gasteiger partial charge in [-0.3, -0.25) is 0 Å². The number of allylic oxidation sites excluding steroid dienone is 2. The summed E-state index contributed by atoms with van der Waals surface area (Å²) in [6.45, 7) is 5.69. The molecule has 0 bridgehead atoms. The van der Waals surface area contributed by atoms with Crippen molar-refractivity contribution < 1.29 is 19.3 Å². The van der Waals surface area contributed by atoms with Crippen LogP contribution in [0.4, 0.5) is 0 Å². The average Bonchev–Trinajstić information content (AvgIpc) is 2.36. The normalized spacial score (nSPS) is 12.7. The van der Waals surface area contributed by atoms with Gasteiger partial charge in [-0.15, -0.1) is 0 Å². The molecular weight excluding hydrogens is 263 g/mol. The van der Waals surface area contributed by atoms with Gasteiger partial charge in [0, 0.05) is 16.3 Å². The number of rotatable bonds is 5. The Morgan fingerprint density at radius 2 is 1.84 bits per heavy atom. The Kier molecular flexibility index (Phi) is 5.36. The van der Waals surface area contributed by atoms with Crippen molar-refractivity contribution in [3.8, 4) is 11.5 Å². The van der Waals surface area contributed by atoms with Gasteiger partial charge in [-0.2, -0.15) is 0 Å². The fraction of sp³-hybridized carbons (Fsp3) is 0.429. The predicted octanol–water partition coefficient (Wildman–Crippen LogP) is 3.18. The summed E-state index contributed by atoms with van der Waals surface area (Å²) in [4.78, 5) is 18.5. The topological polar surface area (TPSA) is 58.9 Å². The fourth-order valence-electron chi connectivity index (χ4n) is 2.05. The molecule has 0 aliphatic carbocycles. The third kappa shape index (κ3) is 3.69. The Morgan fingerprint density at radius 3 is 2.32 bits per heavy atom. The van der Waals surface area contributed by atoms with Gasteiger partial charge in [-0.25, -0.2) is 0 Å². The van der Waals surface area contributed by atoms with Gasteiger partial charge in [0.05, 0.1) is 14.2 Å². The highest BCUT2D eigenvalue weighted by atomic mass is 31.2. The molecule has 0 amide bonds. The summed E-state index contributed by atoms with van der Waals surface area (Å²) >= 11 is 0. The van der Waals surface area contributed by atoms with Gasteiger partial charge < -0.3 is 19.3 Å². The quantitative estimate of drug-likeness (QED) is 0.815. The van der Waals surface area contributed by atoms with Crippen LogP contribution in [0.1, 0.15) is 26.3 Å². The molecule has 1 aromatic rings. The van der Waals surface area contributed by atoms with Gasteiger partial charge in [0.15, 0.2) is 19.9 Å². The van der Waals surface area contributed by atoms with Gasteiger partial charge in [0.2, 0.25) is 0 Å². The second kappa shape index (κ2) is 6.38. The fourth-order valence-corrected chi connectivity index (χ4v) is 2.49. The molecule has 0 aromatic heterocycles. The Bertz CT molecular complexity index is 467. The third-order valence-corrected chi connectivity index (χ3v) is 3.74. The maximum atomic E-state index is 9.25. The van der Waals surface area contributed by atoms with Crippen LogP contribution in [0.3, 0.4) is 0 Å². The standard InChI is InChI=1S/C14H21O4P/c1-10(19(15)16)9-14(2,3)11-7-6-8-12(17-4)13(11)18-5/h6-9,15-16H,1-5H3/b10-9-. The van der Waals surface area contributed by atoms with E-state index in [-0.39, 0.29) is 0 Å². The molecule has 4 nitrogen and oxygen atoms in total. The molecule has 0 spiro atoms. The van der Waals surface area contributed by atoms with Gasteiger partial charge >= 0.3 is 0 Å². The molecule has 1 rings (SSSR count). The highest BCUT2D eigenvalue weighted by Gasteiger charge is 2.25. The molecule has 0 aliphatic rings. The number of hydrogen-bond donors (Lipinski definition) is 2. The molecule has 0 saturated carbocycles. The van der Waals surface area contributed by atoms with Crippen molar-refractivity contribution in [1.29, 1.82) is 0 Å². The van der Waals surface area contributed by atoms with E-state index in [1.54, 1.807) is 21.1 Å². The summed E-state index contributed by atoms with van der Waals surface area (Å²) in [5, 5.41) is 0.560. The van der Waals surface area contributed by atoms with Crippen LogP contribution in [0.15, 0.2) is 29.6 Å². The van der Waals surface area contributed by atoms with E-state index >= 15 is 0 Å². The molecule has 2 N–H and O–H groups in total. The lowest BCUT2D eigenvalue weighted by molar-refractivity contribution is 0.347. The average molecular weight is 284 g/mol. The Labute approximate surface area is 115 Å². The van der Waals surface area contributed by atoms with E-state index in [1.807, 2.05) is 38.1 Å². The largest absolute Gasteiger partial charge is 0.493 e. The van der Waals surface area contributed by atoms with E-state index in [0.29, 0.717) is 16.8 Å². The minimum atomic E-state index is -2.05. The molecule has 19 heavy (non-hydrogen) atoms. The zero-order chi connectivity index (χ0) is 14.6. The van der Waals surface area contributed by atoms with Crippen LogP contribution in [0.5, 0.6) is 11.5 Å². The molecule has 0 aliphatic heterocycles. The van der Waals surface area contributed by atoms with Crippen molar-refractivity contribution in [2.45, 2.75) is 26.2 Å². The second-order valence-electron chi connectivity index (χ2n) is 4.84. The summed E-state index contributed by atoms with van der Waals surface area (Å²) in [5.74, 6) is 1.33. The molecule has 1 aromatic carbocycles. The van der Waals surface area contributed by atoms with E-state index in [4.69, 9.17) is 9.47 Å². The molecule has 0 atom stereocenters. The van der Waals surface area contributed by atoms with Crippen LogP contribution in [-0.2, 0) is 5.41 Å². The predicted molar refractivity (Wildman–Crippen MR) is 77.7 cm³/mol. The van der Waals surface area contributed by atoms with Gasteiger partial charge in [0.25, 0.3) is 0 Å². The van der Waals surface area contributed by atoms with E-state index < -0.39 is 13.8 Å². The van der Waals surface area contributed by atoms with Gasteiger partial charge in [-0.05, 0) is 13.0 Å². The molecule has 106 valence electrons. The van der Waals surface area contributed by atoms with Crippen LogP contribution in [0.2, 0.25) is 0 Å². The smallest absolute Gasteiger partial charge is 0.194 e. The highest BCUT2D eigenvalue weighted by molar-refractivity contribution is 7.49. The first-order valence-electron chi connectivity index (χ1n) is 5.92. The zero-order valence-corrected chi connectivity index (χ0v) is 12.9. The summed E-state index contributed by atoms with van der Waals surface area (Å²) in [6, 6.07) is 5.67. The lowest BCUT2D eigenvalue weighted by Crippen LogP contribution is -2.16. The monoisotopic (exact) mass is 284 g/mol. The van der Waals surface area contributed by atoms with Crippen LogP contribution in [0.25, 0.3) is 0 Å². The number of ether oxygens (including phenoxy) is 2. The SMILES string of the molecule is COc1cccc(C(C)(C)/C=C(/C)P(O)O)c1OC. The minimum absolute atomic E-state index is 0.393. The first kappa shape index (κ1) is 16.0. The zero-order valence-electron chi connectivity index (χ0n) is 12.0. The van der Waals surface area contributed by atoms with Crippen molar-refractivity contribution >= 4 is 8.38 Å².